The number of nitrogens with zero attached hydrogens (tertiary/aromatic N) is 1. The third-order valence-corrected chi connectivity index (χ3v) is 3.42. The Balaban J connectivity index is 1.91. The second kappa shape index (κ2) is 5.09. The van der Waals surface area contributed by atoms with Gasteiger partial charge in [0.1, 0.15) is 0 Å². The summed E-state index contributed by atoms with van der Waals surface area (Å²) in [4.78, 5) is 12.7. The number of carboxylic acids is 1. The van der Waals surface area contributed by atoms with Crippen LogP contribution in [0.2, 0.25) is 0 Å². The van der Waals surface area contributed by atoms with Crippen LogP contribution in [0.25, 0.3) is 0 Å². The standard InChI is InChI=1S/C14H16F3NO2/c1-13(7-14(15,16)17)8-18(9-13)6-10-3-2-4-11(5-10)12(19)20/h2-5H,6-9H2,1H3,(H,19,20). The van der Waals surface area contributed by atoms with Gasteiger partial charge in [0, 0.05) is 25.0 Å². The van der Waals surface area contributed by atoms with Crippen molar-refractivity contribution < 1.29 is 23.1 Å². The first-order chi connectivity index (χ1) is 9.17. The number of halogens is 3. The molecule has 3 nitrogen and oxygen atoms in total. The molecule has 0 amide bonds. The van der Waals surface area contributed by atoms with Crippen molar-refractivity contribution in [2.24, 2.45) is 5.41 Å². The lowest BCUT2D eigenvalue weighted by molar-refractivity contribution is -0.177. The molecule has 1 saturated heterocycles. The van der Waals surface area contributed by atoms with E-state index in [1.54, 1.807) is 25.1 Å². The SMILES string of the molecule is CC1(CC(F)(F)F)CN(Cc2cccc(C(=O)O)c2)C1. The zero-order chi connectivity index (χ0) is 15.0. The average Bonchev–Trinajstić information content (AvgIpc) is 2.24. The highest BCUT2D eigenvalue weighted by molar-refractivity contribution is 5.87. The van der Waals surface area contributed by atoms with E-state index in [0.29, 0.717) is 19.6 Å². The van der Waals surface area contributed by atoms with E-state index in [9.17, 15) is 18.0 Å². The Bertz CT molecular complexity index is 507. The minimum atomic E-state index is -4.13. The van der Waals surface area contributed by atoms with Gasteiger partial charge >= 0.3 is 12.1 Å². The van der Waals surface area contributed by atoms with E-state index >= 15 is 0 Å². The molecule has 0 bridgehead atoms. The number of hydrogen-bond donors (Lipinski definition) is 1. The maximum absolute atomic E-state index is 12.4. The van der Waals surface area contributed by atoms with Crippen LogP contribution in [-0.2, 0) is 6.54 Å². The molecule has 20 heavy (non-hydrogen) atoms. The molecule has 0 radical (unpaired) electrons. The van der Waals surface area contributed by atoms with Gasteiger partial charge in [0.15, 0.2) is 0 Å². The second-order valence-electron chi connectivity index (χ2n) is 5.75. The van der Waals surface area contributed by atoms with Crippen molar-refractivity contribution in [1.29, 1.82) is 0 Å². The minimum Gasteiger partial charge on any atom is -0.478 e. The van der Waals surface area contributed by atoms with Crippen molar-refractivity contribution in [3.63, 3.8) is 0 Å². The number of rotatable bonds is 4. The van der Waals surface area contributed by atoms with Crippen LogP contribution in [0, 0.1) is 5.41 Å². The Morgan fingerprint density at radius 2 is 2.05 bits per heavy atom. The number of alkyl halides is 3. The number of carboxylic acid groups (broad SMARTS) is 1. The maximum atomic E-state index is 12.4. The third kappa shape index (κ3) is 3.72. The van der Waals surface area contributed by atoms with Crippen LogP contribution in [0.15, 0.2) is 24.3 Å². The number of benzene rings is 1. The van der Waals surface area contributed by atoms with Gasteiger partial charge in [-0.1, -0.05) is 19.1 Å². The Kier molecular flexibility index (Phi) is 3.77. The van der Waals surface area contributed by atoms with Crippen LogP contribution < -0.4 is 0 Å². The van der Waals surface area contributed by atoms with Gasteiger partial charge in [-0.3, -0.25) is 4.90 Å². The summed E-state index contributed by atoms with van der Waals surface area (Å²) in [5.41, 5.74) is 0.280. The van der Waals surface area contributed by atoms with Gasteiger partial charge in [-0.25, -0.2) is 4.79 Å². The number of carbonyl (C=O) groups is 1. The predicted molar refractivity (Wildman–Crippen MR) is 67.5 cm³/mol. The van der Waals surface area contributed by atoms with E-state index < -0.39 is 24.0 Å². The van der Waals surface area contributed by atoms with E-state index in [-0.39, 0.29) is 5.56 Å². The fourth-order valence-electron chi connectivity index (χ4n) is 2.80. The molecule has 6 heteroatoms. The van der Waals surface area contributed by atoms with Crippen molar-refractivity contribution in [2.75, 3.05) is 13.1 Å². The number of aromatic carboxylic acids is 1. The monoisotopic (exact) mass is 287 g/mol. The Hall–Kier alpha value is -1.56. The van der Waals surface area contributed by atoms with Gasteiger partial charge in [-0.05, 0) is 17.7 Å². The zero-order valence-electron chi connectivity index (χ0n) is 11.1. The van der Waals surface area contributed by atoms with E-state index in [1.165, 1.54) is 6.07 Å². The smallest absolute Gasteiger partial charge is 0.389 e. The molecule has 0 aromatic heterocycles. The first-order valence-electron chi connectivity index (χ1n) is 6.28. The molecular formula is C14H16F3NO2. The van der Waals surface area contributed by atoms with Crippen LogP contribution >= 0.6 is 0 Å². The fourth-order valence-corrected chi connectivity index (χ4v) is 2.80. The van der Waals surface area contributed by atoms with Crippen LogP contribution in [0.4, 0.5) is 13.2 Å². The van der Waals surface area contributed by atoms with Crippen molar-refractivity contribution in [3.8, 4) is 0 Å². The van der Waals surface area contributed by atoms with Gasteiger partial charge in [0.25, 0.3) is 0 Å². The van der Waals surface area contributed by atoms with E-state index in [2.05, 4.69) is 0 Å². The van der Waals surface area contributed by atoms with E-state index in [0.717, 1.165) is 5.56 Å². The molecule has 0 saturated carbocycles. The molecule has 1 aliphatic heterocycles. The van der Waals surface area contributed by atoms with Gasteiger partial charge in [-0.15, -0.1) is 0 Å². The first kappa shape index (κ1) is 14.8. The summed E-state index contributed by atoms with van der Waals surface area (Å²) < 4.78 is 37.2. The molecule has 0 atom stereocenters. The van der Waals surface area contributed by atoms with Gasteiger partial charge < -0.3 is 5.11 Å². The lowest BCUT2D eigenvalue weighted by Gasteiger charge is -2.48. The number of likely N-dealkylation sites (tertiary alicyclic amines) is 1. The average molecular weight is 287 g/mol. The highest BCUT2D eigenvalue weighted by Crippen LogP contribution is 2.40. The Labute approximate surface area is 115 Å². The van der Waals surface area contributed by atoms with Gasteiger partial charge in [-0.2, -0.15) is 13.2 Å². The van der Waals surface area contributed by atoms with Crippen LogP contribution in [0.1, 0.15) is 29.3 Å². The largest absolute Gasteiger partial charge is 0.478 e. The van der Waals surface area contributed by atoms with Crippen molar-refractivity contribution in [1.82, 2.24) is 4.90 Å². The van der Waals surface area contributed by atoms with Gasteiger partial charge in [0.2, 0.25) is 0 Å². The van der Waals surface area contributed by atoms with Gasteiger partial charge in [0.05, 0.1) is 12.0 Å². The van der Waals surface area contributed by atoms with Crippen molar-refractivity contribution in [3.05, 3.63) is 35.4 Å². The lowest BCUT2D eigenvalue weighted by atomic mass is 9.78. The third-order valence-electron chi connectivity index (χ3n) is 3.42. The molecule has 1 aliphatic rings. The predicted octanol–water partition coefficient (Wildman–Crippen LogP) is 3.16. The van der Waals surface area contributed by atoms with E-state index in [4.69, 9.17) is 5.11 Å². The topological polar surface area (TPSA) is 40.5 Å². The molecule has 1 N–H and O–H groups in total. The molecular weight excluding hydrogens is 271 g/mol. The zero-order valence-corrected chi connectivity index (χ0v) is 11.1. The molecule has 110 valence electrons. The summed E-state index contributed by atoms with van der Waals surface area (Å²) in [7, 11) is 0. The Morgan fingerprint density at radius 3 is 2.60 bits per heavy atom. The maximum Gasteiger partial charge on any atom is 0.389 e. The highest BCUT2D eigenvalue weighted by Gasteiger charge is 2.46. The van der Waals surface area contributed by atoms with Crippen LogP contribution in [-0.4, -0.2) is 35.2 Å². The van der Waals surface area contributed by atoms with Crippen molar-refractivity contribution >= 4 is 5.97 Å². The minimum absolute atomic E-state index is 0.195. The summed E-state index contributed by atoms with van der Waals surface area (Å²) in [6.07, 6.45) is -4.91. The summed E-state index contributed by atoms with van der Waals surface area (Å²) >= 11 is 0. The summed E-state index contributed by atoms with van der Waals surface area (Å²) in [6.45, 7) is 2.87. The molecule has 0 unspecified atom stereocenters. The van der Waals surface area contributed by atoms with E-state index in [1.807, 2.05) is 4.90 Å². The molecule has 0 aliphatic carbocycles. The lowest BCUT2D eigenvalue weighted by Crippen LogP contribution is -2.55. The fraction of sp³-hybridized carbons (Fsp3) is 0.500. The molecule has 1 heterocycles. The van der Waals surface area contributed by atoms with Crippen LogP contribution in [0.3, 0.4) is 0 Å². The normalized spacial score (nSPS) is 18.6. The Morgan fingerprint density at radius 1 is 1.40 bits per heavy atom. The number of hydrogen-bond acceptors (Lipinski definition) is 2. The highest BCUT2D eigenvalue weighted by atomic mass is 19.4. The molecule has 1 aromatic rings. The summed E-state index contributed by atoms with van der Waals surface area (Å²) in [5.74, 6) is -1.00. The molecule has 1 fully saturated rings. The summed E-state index contributed by atoms with van der Waals surface area (Å²) in [6, 6.07) is 6.48. The second-order valence-corrected chi connectivity index (χ2v) is 5.75. The van der Waals surface area contributed by atoms with Crippen LogP contribution in [0.5, 0.6) is 0 Å². The molecule has 2 rings (SSSR count). The first-order valence-corrected chi connectivity index (χ1v) is 6.28. The molecule has 1 aromatic carbocycles. The quantitative estimate of drug-likeness (QED) is 0.924. The molecule has 0 spiro atoms. The van der Waals surface area contributed by atoms with Crippen molar-refractivity contribution in [2.45, 2.75) is 26.1 Å². The summed E-state index contributed by atoms with van der Waals surface area (Å²) in [5, 5.41) is 8.89.